The highest BCUT2D eigenvalue weighted by Gasteiger charge is 2.38. The lowest BCUT2D eigenvalue weighted by molar-refractivity contribution is -0.137. The number of aromatic nitrogens is 3. The summed E-state index contributed by atoms with van der Waals surface area (Å²) in [4.78, 5) is 14.0. The minimum Gasteiger partial charge on any atom is -0.282 e. The third-order valence-corrected chi connectivity index (χ3v) is 5.81. The number of H-pyrrole nitrogens is 1. The van der Waals surface area contributed by atoms with Gasteiger partial charge in [-0.05, 0) is 42.8 Å². The molecule has 0 saturated carbocycles. The molecule has 0 saturated heterocycles. The molecule has 32 heavy (non-hydrogen) atoms. The summed E-state index contributed by atoms with van der Waals surface area (Å²) in [5.74, 6) is 0.0343. The number of aromatic amines is 1. The van der Waals surface area contributed by atoms with Gasteiger partial charge in [-0.1, -0.05) is 28.1 Å². The van der Waals surface area contributed by atoms with E-state index in [-0.39, 0.29) is 17.2 Å². The minimum atomic E-state index is -4.57. The molecule has 1 aliphatic heterocycles. The topological polar surface area (TPSA) is 101 Å². The Labute approximate surface area is 187 Å². The third-order valence-electron chi connectivity index (χ3n) is 5.12. The zero-order valence-electron chi connectivity index (χ0n) is 16.3. The van der Waals surface area contributed by atoms with E-state index in [2.05, 4.69) is 32.2 Å². The molecule has 3 aromatic rings. The summed E-state index contributed by atoms with van der Waals surface area (Å²) in [7, 11) is 0. The summed E-state index contributed by atoms with van der Waals surface area (Å²) >= 11 is 3.39. The van der Waals surface area contributed by atoms with E-state index in [1.54, 1.807) is 25.1 Å². The van der Waals surface area contributed by atoms with E-state index >= 15 is 0 Å². The second-order valence-electron chi connectivity index (χ2n) is 6.94. The second kappa shape index (κ2) is 7.70. The Kier molecular flexibility index (Phi) is 5.15. The molecule has 0 amide bonds. The number of nitrogens with one attached hydrogen (secondary N) is 1. The number of halogens is 4. The van der Waals surface area contributed by atoms with Crippen LogP contribution < -0.4 is 10.6 Å². The average Bonchev–Trinajstić information content (AvgIpc) is 3.13. The Morgan fingerprint density at radius 3 is 2.53 bits per heavy atom. The van der Waals surface area contributed by atoms with E-state index in [9.17, 15) is 23.2 Å². The molecule has 1 aliphatic rings. The Hall–Kier alpha value is -3.83. The van der Waals surface area contributed by atoms with Gasteiger partial charge in [0.05, 0.1) is 28.8 Å². The van der Waals surface area contributed by atoms with Crippen LogP contribution in [-0.2, 0) is 6.18 Å². The monoisotopic (exact) mass is 500 g/mol. The summed E-state index contributed by atoms with van der Waals surface area (Å²) in [6.07, 6.45) is -4.57. The van der Waals surface area contributed by atoms with Crippen LogP contribution in [-0.4, -0.2) is 14.8 Å². The molecular formula is C21H12BrF3N6O. The number of anilines is 2. The first-order valence-corrected chi connectivity index (χ1v) is 9.91. The van der Waals surface area contributed by atoms with Crippen molar-refractivity contribution in [2.24, 2.45) is 0 Å². The number of hydrogen-bond acceptors (Lipinski definition) is 5. The van der Waals surface area contributed by atoms with Gasteiger partial charge in [0.2, 0.25) is 5.95 Å². The van der Waals surface area contributed by atoms with Crippen LogP contribution >= 0.6 is 15.9 Å². The fourth-order valence-electron chi connectivity index (χ4n) is 3.67. The SMILES string of the molecule is CC1=C(C#N)[C@@H](c2ccc(C#N)cc2Br)n2c(n[nH]c2=O)N1c1cccc(C(F)(F)F)c1. The molecule has 0 bridgehead atoms. The quantitative estimate of drug-likeness (QED) is 0.546. The van der Waals surface area contributed by atoms with Crippen LogP contribution in [0.15, 0.2) is 63.0 Å². The lowest BCUT2D eigenvalue weighted by Gasteiger charge is -2.34. The standard InChI is InChI=1S/C21H12BrF3N6O/c1-11-16(10-27)18(15-6-5-12(9-26)7-17(15)22)31-19(28-29-20(31)32)30(11)14-4-2-3-13(8-14)21(23,24)25/h2-8,18H,1H3,(H,29,32)/t18-/m1/s1. The largest absolute Gasteiger partial charge is 0.416 e. The van der Waals surface area contributed by atoms with Crippen LogP contribution in [0.2, 0.25) is 0 Å². The molecule has 1 N–H and O–H groups in total. The molecule has 0 fully saturated rings. The van der Waals surface area contributed by atoms with E-state index < -0.39 is 23.5 Å². The van der Waals surface area contributed by atoms with Gasteiger partial charge in [0.15, 0.2) is 0 Å². The van der Waals surface area contributed by atoms with Crippen LogP contribution in [0.25, 0.3) is 0 Å². The highest BCUT2D eigenvalue weighted by atomic mass is 79.9. The maximum atomic E-state index is 13.3. The smallest absolute Gasteiger partial charge is 0.282 e. The highest BCUT2D eigenvalue weighted by Crippen LogP contribution is 2.43. The van der Waals surface area contributed by atoms with E-state index in [4.69, 9.17) is 5.26 Å². The average molecular weight is 501 g/mol. The normalized spacial score (nSPS) is 15.8. The van der Waals surface area contributed by atoms with Crippen molar-refractivity contribution in [1.29, 1.82) is 10.5 Å². The Balaban J connectivity index is 1.97. The van der Waals surface area contributed by atoms with Gasteiger partial charge < -0.3 is 0 Å². The summed E-state index contributed by atoms with van der Waals surface area (Å²) < 4.78 is 41.5. The summed E-state index contributed by atoms with van der Waals surface area (Å²) in [6, 6.07) is 12.5. The van der Waals surface area contributed by atoms with Crippen molar-refractivity contribution < 1.29 is 13.2 Å². The first-order valence-electron chi connectivity index (χ1n) is 9.12. The Bertz CT molecular complexity index is 1410. The van der Waals surface area contributed by atoms with Crippen molar-refractivity contribution in [3.8, 4) is 12.1 Å². The molecule has 0 radical (unpaired) electrons. The number of nitrogens with zero attached hydrogens (tertiary/aromatic N) is 5. The maximum Gasteiger partial charge on any atom is 0.416 e. The second-order valence-corrected chi connectivity index (χ2v) is 7.80. The van der Waals surface area contributed by atoms with Gasteiger partial charge in [-0.3, -0.25) is 4.90 Å². The van der Waals surface area contributed by atoms with Gasteiger partial charge >= 0.3 is 11.9 Å². The van der Waals surface area contributed by atoms with Gasteiger partial charge in [-0.15, -0.1) is 5.10 Å². The fraction of sp³-hybridized carbons (Fsp3) is 0.143. The molecular weight excluding hydrogens is 489 g/mol. The molecule has 1 aromatic heterocycles. The van der Waals surface area contributed by atoms with E-state index in [0.717, 1.165) is 12.1 Å². The zero-order valence-corrected chi connectivity index (χ0v) is 17.9. The van der Waals surface area contributed by atoms with E-state index in [1.807, 2.05) is 6.07 Å². The predicted molar refractivity (Wildman–Crippen MR) is 112 cm³/mol. The molecule has 2 aromatic carbocycles. The lowest BCUT2D eigenvalue weighted by atomic mass is 9.94. The summed E-state index contributed by atoms with van der Waals surface area (Å²) in [5.41, 5.74) is -0.0541. The van der Waals surface area contributed by atoms with Gasteiger partial charge in [0.1, 0.15) is 6.04 Å². The van der Waals surface area contributed by atoms with Crippen LogP contribution in [0, 0.1) is 22.7 Å². The van der Waals surface area contributed by atoms with Gasteiger partial charge in [0.25, 0.3) is 0 Å². The predicted octanol–water partition coefficient (Wildman–Crippen LogP) is 4.76. The highest BCUT2D eigenvalue weighted by molar-refractivity contribution is 9.10. The van der Waals surface area contributed by atoms with Crippen molar-refractivity contribution in [3.05, 3.63) is 85.4 Å². The number of allylic oxidation sites excluding steroid dienone is 2. The molecule has 11 heteroatoms. The third kappa shape index (κ3) is 3.37. The van der Waals surface area contributed by atoms with Crippen molar-refractivity contribution in [3.63, 3.8) is 0 Å². The first kappa shape index (κ1) is 21.4. The lowest BCUT2D eigenvalue weighted by Crippen LogP contribution is -2.35. The molecule has 0 aliphatic carbocycles. The number of rotatable bonds is 2. The number of benzene rings is 2. The molecule has 4 rings (SSSR count). The van der Waals surface area contributed by atoms with Crippen LogP contribution in [0.1, 0.15) is 29.7 Å². The fourth-order valence-corrected chi connectivity index (χ4v) is 4.27. The molecule has 160 valence electrons. The number of alkyl halides is 3. The maximum absolute atomic E-state index is 13.3. The van der Waals surface area contributed by atoms with Crippen molar-refractivity contribution in [2.45, 2.75) is 19.1 Å². The van der Waals surface area contributed by atoms with Crippen molar-refractivity contribution in [2.75, 3.05) is 4.90 Å². The van der Waals surface area contributed by atoms with Crippen molar-refractivity contribution >= 4 is 27.6 Å². The summed E-state index contributed by atoms with van der Waals surface area (Å²) in [6.45, 7) is 1.58. The van der Waals surface area contributed by atoms with Gasteiger partial charge in [0, 0.05) is 15.9 Å². The molecule has 0 unspecified atom stereocenters. The van der Waals surface area contributed by atoms with Crippen molar-refractivity contribution in [1.82, 2.24) is 14.8 Å². The van der Waals surface area contributed by atoms with Gasteiger partial charge in [-0.25, -0.2) is 14.5 Å². The Morgan fingerprint density at radius 1 is 1.16 bits per heavy atom. The number of fused-ring (bicyclic) bond motifs is 1. The van der Waals surface area contributed by atoms with Crippen LogP contribution in [0.5, 0.6) is 0 Å². The molecule has 1 atom stereocenters. The van der Waals surface area contributed by atoms with Crippen LogP contribution in [0.4, 0.5) is 24.8 Å². The van der Waals surface area contributed by atoms with Gasteiger partial charge in [-0.2, -0.15) is 23.7 Å². The Morgan fingerprint density at radius 2 is 1.91 bits per heavy atom. The minimum absolute atomic E-state index is 0.0343. The molecule has 7 nitrogen and oxygen atoms in total. The zero-order chi connectivity index (χ0) is 23.2. The molecule has 0 spiro atoms. The van der Waals surface area contributed by atoms with E-state index in [1.165, 1.54) is 21.6 Å². The number of nitriles is 2. The molecule has 2 heterocycles. The van der Waals surface area contributed by atoms with Crippen LogP contribution in [0.3, 0.4) is 0 Å². The number of hydrogen-bond donors (Lipinski definition) is 1. The summed E-state index contributed by atoms with van der Waals surface area (Å²) in [5, 5.41) is 25.4. The first-order chi connectivity index (χ1) is 15.2. The van der Waals surface area contributed by atoms with E-state index in [0.29, 0.717) is 21.3 Å².